The minimum absolute atomic E-state index is 0.0302. The van der Waals surface area contributed by atoms with Crippen LogP contribution in [-0.4, -0.2) is 45.1 Å². The Morgan fingerprint density at radius 3 is 2.78 bits per heavy atom. The zero-order valence-electron chi connectivity index (χ0n) is 11.0. The Labute approximate surface area is 113 Å². The van der Waals surface area contributed by atoms with Crippen LogP contribution in [0.2, 0.25) is 5.02 Å². The molecule has 0 saturated heterocycles. The third-order valence-corrected chi connectivity index (χ3v) is 2.71. The molecule has 0 spiro atoms. The van der Waals surface area contributed by atoms with E-state index in [-0.39, 0.29) is 12.3 Å². The summed E-state index contributed by atoms with van der Waals surface area (Å²) in [6, 6.07) is 5.27. The standard InChI is InChI=1S/C13H19ClN2O2/c1-16(2)7-6-15-13(17)9-10-8-11(14)4-5-12(10)18-3/h4-5,8H,6-7,9H2,1-3H3,(H,15,17). The van der Waals surface area contributed by atoms with Crippen LogP contribution in [0.5, 0.6) is 5.75 Å². The van der Waals surface area contributed by atoms with E-state index in [1.165, 1.54) is 0 Å². The molecule has 1 aromatic rings. The highest BCUT2D eigenvalue weighted by Gasteiger charge is 2.09. The highest BCUT2D eigenvalue weighted by molar-refractivity contribution is 6.30. The first-order valence-electron chi connectivity index (χ1n) is 5.76. The van der Waals surface area contributed by atoms with Gasteiger partial charge in [0.15, 0.2) is 0 Å². The van der Waals surface area contributed by atoms with Crippen molar-refractivity contribution in [1.29, 1.82) is 0 Å². The van der Waals surface area contributed by atoms with E-state index in [0.717, 1.165) is 12.1 Å². The molecule has 1 aromatic carbocycles. The maximum Gasteiger partial charge on any atom is 0.224 e. The first-order chi connectivity index (χ1) is 8.52. The Kier molecular flexibility index (Phi) is 5.95. The van der Waals surface area contributed by atoms with Crippen LogP contribution in [0.15, 0.2) is 18.2 Å². The van der Waals surface area contributed by atoms with Gasteiger partial charge >= 0.3 is 0 Å². The SMILES string of the molecule is COc1ccc(Cl)cc1CC(=O)NCCN(C)C. The largest absolute Gasteiger partial charge is 0.496 e. The van der Waals surface area contributed by atoms with Crippen molar-refractivity contribution in [2.75, 3.05) is 34.3 Å². The molecule has 1 rings (SSSR count). The Hall–Kier alpha value is -1.26. The predicted octanol–water partition coefficient (Wildman–Crippen LogP) is 1.57. The molecule has 1 amide bonds. The van der Waals surface area contributed by atoms with E-state index in [4.69, 9.17) is 16.3 Å². The topological polar surface area (TPSA) is 41.6 Å². The summed E-state index contributed by atoms with van der Waals surface area (Å²) in [6.45, 7) is 1.45. The lowest BCUT2D eigenvalue weighted by Gasteiger charge is -2.12. The molecule has 100 valence electrons. The highest BCUT2D eigenvalue weighted by atomic mass is 35.5. The van der Waals surface area contributed by atoms with Gasteiger partial charge < -0.3 is 15.0 Å². The molecule has 0 radical (unpaired) electrons. The van der Waals surface area contributed by atoms with E-state index in [9.17, 15) is 4.79 Å². The van der Waals surface area contributed by atoms with Gasteiger partial charge in [0.05, 0.1) is 13.5 Å². The molecule has 0 saturated carbocycles. The fourth-order valence-corrected chi connectivity index (χ4v) is 1.73. The van der Waals surface area contributed by atoms with Crippen molar-refractivity contribution in [2.24, 2.45) is 0 Å². The van der Waals surface area contributed by atoms with Crippen LogP contribution in [0.25, 0.3) is 0 Å². The fourth-order valence-electron chi connectivity index (χ4n) is 1.54. The summed E-state index contributed by atoms with van der Waals surface area (Å²) in [7, 11) is 5.51. The van der Waals surface area contributed by atoms with Crippen molar-refractivity contribution in [3.8, 4) is 5.75 Å². The maximum atomic E-state index is 11.7. The lowest BCUT2D eigenvalue weighted by molar-refractivity contribution is -0.120. The van der Waals surface area contributed by atoms with Gasteiger partial charge in [0.25, 0.3) is 0 Å². The van der Waals surface area contributed by atoms with Crippen molar-refractivity contribution in [2.45, 2.75) is 6.42 Å². The van der Waals surface area contributed by atoms with Crippen molar-refractivity contribution in [3.63, 3.8) is 0 Å². The smallest absolute Gasteiger partial charge is 0.224 e. The number of ether oxygens (including phenoxy) is 1. The summed E-state index contributed by atoms with van der Waals surface area (Å²) >= 11 is 5.91. The molecule has 5 heteroatoms. The van der Waals surface area contributed by atoms with Crippen LogP contribution in [0, 0.1) is 0 Å². The van der Waals surface area contributed by atoms with Crippen molar-refractivity contribution < 1.29 is 9.53 Å². The maximum absolute atomic E-state index is 11.7. The van der Waals surface area contributed by atoms with Crippen molar-refractivity contribution in [1.82, 2.24) is 10.2 Å². The molecule has 0 aliphatic carbocycles. The molecule has 0 aliphatic heterocycles. The van der Waals surface area contributed by atoms with Crippen molar-refractivity contribution >= 4 is 17.5 Å². The average molecular weight is 271 g/mol. The second-order valence-corrected chi connectivity index (χ2v) is 4.72. The predicted molar refractivity (Wildman–Crippen MR) is 73.3 cm³/mol. The molecule has 0 fully saturated rings. The van der Waals surface area contributed by atoms with Gasteiger partial charge in [0.1, 0.15) is 5.75 Å². The number of likely N-dealkylation sites (N-methyl/N-ethyl adjacent to an activating group) is 1. The first kappa shape index (κ1) is 14.8. The summed E-state index contributed by atoms with van der Waals surface area (Å²) in [6.07, 6.45) is 0.275. The number of nitrogens with zero attached hydrogens (tertiary/aromatic N) is 1. The van der Waals surface area contributed by atoms with E-state index in [2.05, 4.69) is 5.32 Å². The molecule has 1 N–H and O–H groups in total. The first-order valence-corrected chi connectivity index (χ1v) is 6.14. The summed E-state index contributed by atoms with van der Waals surface area (Å²) in [4.78, 5) is 13.8. The van der Waals surface area contributed by atoms with Gasteiger partial charge in [-0.05, 0) is 32.3 Å². The van der Waals surface area contributed by atoms with Crippen LogP contribution < -0.4 is 10.1 Å². The molecule has 4 nitrogen and oxygen atoms in total. The van der Waals surface area contributed by atoms with Crippen LogP contribution in [0.1, 0.15) is 5.56 Å². The average Bonchev–Trinajstić information content (AvgIpc) is 2.28. The summed E-state index contributed by atoms with van der Waals surface area (Å²) < 4.78 is 5.20. The molecule has 18 heavy (non-hydrogen) atoms. The van der Waals surface area contributed by atoms with E-state index in [1.807, 2.05) is 19.0 Å². The molecule has 0 bridgehead atoms. The van der Waals surface area contributed by atoms with Crippen LogP contribution in [-0.2, 0) is 11.2 Å². The Morgan fingerprint density at radius 2 is 2.17 bits per heavy atom. The normalized spacial score (nSPS) is 10.5. The third-order valence-electron chi connectivity index (χ3n) is 2.47. The number of nitrogens with one attached hydrogen (secondary N) is 1. The monoisotopic (exact) mass is 270 g/mol. The van der Waals surface area contributed by atoms with Gasteiger partial charge in [-0.15, -0.1) is 0 Å². The third kappa shape index (κ3) is 4.94. The lowest BCUT2D eigenvalue weighted by atomic mass is 10.1. The Balaban J connectivity index is 2.55. The number of halogens is 1. The van der Waals surface area contributed by atoms with Gasteiger partial charge in [0, 0.05) is 23.7 Å². The van der Waals surface area contributed by atoms with E-state index < -0.39 is 0 Å². The summed E-state index contributed by atoms with van der Waals surface area (Å²) in [5.41, 5.74) is 0.798. The lowest BCUT2D eigenvalue weighted by Crippen LogP contribution is -2.32. The molecule has 0 aliphatic rings. The van der Waals surface area contributed by atoms with Crippen molar-refractivity contribution in [3.05, 3.63) is 28.8 Å². The Morgan fingerprint density at radius 1 is 1.44 bits per heavy atom. The van der Waals surface area contributed by atoms with Gasteiger partial charge in [-0.3, -0.25) is 4.79 Å². The van der Waals surface area contributed by atoms with Gasteiger partial charge in [-0.2, -0.15) is 0 Å². The van der Waals surface area contributed by atoms with E-state index in [1.54, 1.807) is 25.3 Å². The van der Waals surface area contributed by atoms with Gasteiger partial charge in [-0.25, -0.2) is 0 Å². The number of amides is 1. The minimum Gasteiger partial charge on any atom is -0.496 e. The number of hydrogen-bond acceptors (Lipinski definition) is 3. The van der Waals surface area contributed by atoms with Crippen LogP contribution in [0.3, 0.4) is 0 Å². The molecule has 0 unspecified atom stereocenters. The second kappa shape index (κ2) is 7.24. The Bertz CT molecular complexity index is 408. The molecule has 0 heterocycles. The quantitative estimate of drug-likeness (QED) is 0.853. The van der Waals surface area contributed by atoms with Gasteiger partial charge in [-0.1, -0.05) is 11.6 Å². The minimum atomic E-state index is -0.0302. The fraction of sp³-hybridized carbons (Fsp3) is 0.462. The highest BCUT2D eigenvalue weighted by Crippen LogP contribution is 2.22. The van der Waals surface area contributed by atoms with E-state index in [0.29, 0.717) is 17.3 Å². The van der Waals surface area contributed by atoms with Gasteiger partial charge in [0.2, 0.25) is 5.91 Å². The number of hydrogen-bond donors (Lipinski definition) is 1. The second-order valence-electron chi connectivity index (χ2n) is 4.29. The number of carbonyl (C=O) groups excluding carboxylic acids is 1. The zero-order valence-corrected chi connectivity index (χ0v) is 11.8. The number of rotatable bonds is 6. The zero-order chi connectivity index (χ0) is 13.5. The number of benzene rings is 1. The van der Waals surface area contributed by atoms with E-state index >= 15 is 0 Å². The summed E-state index contributed by atoms with van der Waals surface area (Å²) in [5, 5.41) is 3.46. The molecule has 0 atom stereocenters. The number of methoxy groups -OCH3 is 1. The van der Waals surface area contributed by atoms with Crippen LogP contribution in [0.4, 0.5) is 0 Å². The molecular formula is C13H19ClN2O2. The number of carbonyl (C=O) groups is 1. The summed E-state index contributed by atoms with van der Waals surface area (Å²) in [5.74, 6) is 0.652. The molecular weight excluding hydrogens is 252 g/mol. The molecule has 0 aromatic heterocycles. The van der Waals surface area contributed by atoms with Crippen LogP contribution >= 0.6 is 11.6 Å².